The van der Waals surface area contributed by atoms with Crippen LogP contribution in [0.25, 0.3) is 21.8 Å². The van der Waals surface area contributed by atoms with Crippen LogP contribution in [0.3, 0.4) is 0 Å². The molecule has 4 amide bonds. The Morgan fingerprint density at radius 2 is 1.83 bits per heavy atom. The normalized spacial score (nSPS) is 28.6. The Kier molecular flexibility index (Phi) is 11.0. The predicted molar refractivity (Wildman–Crippen MR) is 223 cm³/mol. The molecule has 3 aliphatic carbocycles. The molecule has 4 heterocycles. The zero-order valence-electron chi connectivity index (χ0n) is 34.2. The molecular weight excluding hydrogens is 773 g/mol. The van der Waals surface area contributed by atoms with Crippen molar-refractivity contribution in [3.05, 3.63) is 60.8 Å². The van der Waals surface area contributed by atoms with E-state index in [-0.39, 0.29) is 37.3 Å². The van der Waals surface area contributed by atoms with Gasteiger partial charge in [-0.15, -0.1) is 6.58 Å². The summed E-state index contributed by atoms with van der Waals surface area (Å²) in [5.74, 6) is -2.20. The molecule has 3 aromatic rings. The molecule has 5 aliphatic rings. The summed E-state index contributed by atoms with van der Waals surface area (Å²) in [6.07, 6.45) is 13.5. The van der Waals surface area contributed by atoms with Crippen LogP contribution in [0.15, 0.2) is 55.3 Å². The van der Waals surface area contributed by atoms with Crippen molar-refractivity contribution in [2.75, 3.05) is 13.2 Å². The Bertz CT molecular complexity index is 2310. The maximum atomic E-state index is 14.9. The number of ether oxygens (including phenoxy) is 2. The highest BCUT2D eigenvalue weighted by Crippen LogP contribution is 2.46. The van der Waals surface area contributed by atoms with Crippen LogP contribution in [-0.2, 0) is 35.7 Å². The molecule has 5 atom stereocenters. The van der Waals surface area contributed by atoms with E-state index in [4.69, 9.17) is 14.5 Å². The number of carbonyl (C=O) groups excluding carboxylic acids is 4. The Labute approximate surface area is 345 Å². The molecule has 2 aromatic heterocycles. The number of nitrogens with zero attached hydrogens (tertiary/aromatic N) is 3. The predicted octanol–water partition coefficient (Wildman–Crippen LogP) is 5.57. The van der Waals surface area contributed by atoms with E-state index in [0.717, 1.165) is 72.3 Å². The van der Waals surface area contributed by atoms with Gasteiger partial charge in [0.15, 0.2) is 0 Å². The van der Waals surface area contributed by atoms with E-state index in [9.17, 15) is 27.6 Å². The molecule has 0 radical (unpaired) electrons. The van der Waals surface area contributed by atoms with Gasteiger partial charge in [-0.2, -0.15) is 0 Å². The largest absolute Gasteiger partial charge is 0.471 e. The fourth-order valence-corrected chi connectivity index (χ4v) is 10.7. The highest BCUT2D eigenvalue weighted by molar-refractivity contribution is 7.91. The Hall–Kier alpha value is -4.92. The quantitative estimate of drug-likeness (QED) is 0.257. The van der Waals surface area contributed by atoms with E-state index >= 15 is 0 Å². The summed E-state index contributed by atoms with van der Waals surface area (Å²) in [6.45, 7) is 10.7. The standard InChI is InChI=1S/C44H56N6O8S/c1-5-29-23-44(29,41(53)48-59(55,56)31-18-19-31)47-38(51)34-22-30-25-50(34)40(52)36(28-14-8-9-15-28)46-42(54)57-26-43(3,4)20-12-6-7-13-21-49-24-27(2)35-32-16-10-11-17-33(32)45-39(58-30)37(35)49/h5,7,10-11,13,16-17,24,28-31,34,36H,1,6,8-9,12,14-15,18-23,25-26H2,2-4H3,(H,46,54)(H,47,51)(H,48,53)/b13-7+/t29-,30-,34+,36+,44-/m1/s1. The van der Waals surface area contributed by atoms with Crippen LogP contribution in [0.5, 0.6) is 5.88 Å². The lowest BCUT2D eigenvalue weighted by atomic mass is 9.88. The van der Waals surface area contributed by atoms with Gasteiger partial charge in [0.05, 0.1) is 23.9 Å². The van der Waals surface area contributed by atoms with Crippen LogP contribution >= 0.6 is 0 Å². The second-order valence-electron chi connectivity index (χ2n) is 18.1. The molecule has 1 saturated heterocycles. The van der Waals surface area contributed by atoms with Crippen LogP contribution < -0.4 is 20.1 Å². The molecule has 2 aliphatic heterocycles. The van der Waals surface area contributed by atoms with Gasteiger partial charge in [0, 0.05) is 35.9 Å². The monoisotopic (exact) mass is 828 g/mol. The number of benzene rings is 1. The van der Waals surface area contributed by atoms with Crippen molar-refractivity contribution in [2.24, 2.45) is 17.3 Å². The second-order valence-corrected chi connectivity index (χ2v) is 20.0. The zero-order chi connectivity index (χ0) is 41.7. The molecule has 59 heavy (non-hydrogen) atoms. The molecule has 0 spiro atoms. The molecular formula is C44H56N6O8S. The minimum Gasteiger partial charge on any atom is -0.471 e. The van der Waals surface area contributed by atoms with Crippen LogP contribution in [0.4, 0.5) is 4.79 Å². The number of fused-ring (bicyclic) bond motifs is 4. The summed E-state index contributed by atoms with van der Waals surface area (Å²) in [6, 6.07) is 5.79. The highest BCUT2D eigenvalue weighted by Gasteiger charge is 2.62. The molecule has 0 unspecified atom stereocenters. The fraction of sp³-hybridized carbons (Fsp3) is 0.568. The zero-order valence-corrected chi connectivity index (χ0v) is 35.0. The number of carbonyl (C=O) groups is 4. The van der Waals surface area contributed by atoms with Gasteiger partial charge in [-0.05, 0) is 81.3 Å². The van der Waals surface area contributed by atoms with Crippen molar-refractivity contribution in [2.45, 2.75) is 127 Å². The molecule has 15 heteroatoms. The number of alkyl carbamates (subject to hydrolysis) is 1. The molecule has 3 saturated carbocycles. The average Bonchev–Trinajstić information content (AvgIpc) is 4.02. The van der Waals surface area contributed by atoms with E-state index in [1.54, 1.807) is 0 Å². The number of hydrogen-bond acceptors (Lipinski definition) is 9. The first kappa shape index (κ1) is 40.8. The average molecular weight is 829 g/mol. The number of amides is 4. The first-order valence-corrected chi connectivity index (χ1v) is 22.7. The summed E-state index contributed by atoms with van der Waals surface area (Å²) >= 11 is 0. The Morgan fingerprint density at radius 1 is 1.07 bits per heavy atom. The number of hydrogen-bond donors (Lipinski definition) is 3. The van der Waals surface area contributed by atoms with E-state index in [0.29, 0.717) is 25.3 Å². The molecule has 2 bridgehead atoms. The lowest BCUT2D eigenvalue weighted by molar-refractivity contribution is -0.142. The van der Waals surface area contributed by atoms with Gasteiger partial charge in [0.25, 0.3) is 5.91 Å². The number of sulfonamides is 1. The van der Waals surface area contributed by atoms with Crippen molar-refractivity contribution in [1.82, 2.24) is 29.8 Å². The van der Waals surface area contributed by atoms with Crippen LogP contribution in [0.1, 0.15) is 90.0 Å². The van der Waals surface area contributed by atoms with Crippen molar-refractivity contribution < 1.29 is 37.1 Å². The summed E-state index contributed by atoms with van der Waals surface area (Å²) in [5.41, 5.74) is 0.755. The van der Waals surface area contributed by atoms with Gasteiger partial charge in [0.2, 0.25) is 27.7 Å². The number of rotatable bonds is 7. The maximum absolute atomic E-state index is 14.9. The molecule has 8 rings (SSSR count). The second kappa shape index (κ2) is 15.9. The van der Waals surface area contributed by atoms with Crippen molar-refractivity contribution in [3.63, 3.8) is 0 Å². The number of allylic oxidation sites excluding steroid dienone is 2. The van der Waals surface area contributed by atoms with E-state index in [1.165, 1.54) is 11.0 Å². The first-order chi connectivity index (χ1) is 28.2. The number of pyridine rings is 1. The Morgan fingerprint density at radius 3 is 2.56 bits per heavy atom. The van der Waals surface area contributed by atoms with Crippen LogP contribution in [-0.4, -0.2) is 88.8 Å². The minimum atomic E-state index is -3.90. The van der Waals surface area contributed by atoms with E-state index in [1.807, 2.05) is 24.3 Å². The third-order valence-corrected chi connectivity index (χ3v) is 14.8. The van der Waals surface area contributed by atoms with Gasteiger partial charge in [0.1, 0.15) is 29.2 Å². The molecule has 14 nitrogen and oxygen atoms in total. The van der Waals surface area contributed by atoms with E-state index < -0.39 is 68.7 Å². The Balaban J connectivity index is 1.17. The van der Waals surface area contributed by atoms with Crippen molar-refractivity contribution >= 4 is 55.6 Å². The number of aryl methyl sites for hydroxylation is 1. The first-order valence-electron chi connectivity index (χ1n) is 21.1. The third kappa shape index (κ3) is 8.31. The number of cyclic esters (lactones) is 1. The number of aromatic nitrogens is 2. The third-order valence-electron chi connectivity index (χ3n) is 12.9. The smallest absolute Gasteiger partial charge is 0.407 e. The SMILES string of the molecule is C=C[C@@H]1C[C@]1(NC(=O)[C@@H]1C[C@@H]2CN1C(=O)[C@H](C1CCCC1)NC(=O)OCC(C)(C)CCC/C=C/Cn1cc(C)c3c4ccccc4nc(c31)O2)C(=O)NS(=O)(=O)C1CC1. The van der Waals surface area contributed by atoms with Gasteiger partial charge in [-0.25, -0.2) is 18.2 Å². The topological polar surface area (TPSA) is 178 Å². The van der Waals surface area contributed by atoms with Crippen molar-refractivity contribution in [1.29, 1.82) is 0 Å². The van der Waals surface area contributed by atoms with Crippen LogP contribution in [0, 0.1) is 24.2 Å². The summed E-state index contributed by atoms with van der Waals surface area (Å²) in [7, 11) is -3.90. The molecule has 3 N–H and O–H groups in total. The lowest BCUT2D eigenvalue weighted by Crippen LogP contribution is -2.59. The van der Waals surface area contributed by atoms with Crippen molar-refractivity contribution in [3.8, 4) is 5.88 Å². The van der Waals surface area contributed by atoms with Gasteiger partial charge >= 0.3 is 6.09 Å². The molecule has 1 aromatic carbocycles. The lowest BCUT2D eigenvalue weighted by Gasteiger charge is -2.32. The summed E-state index contributed by atoms with van der Waals surface area (Å²) < 4.78 is 42.6. The minimum absolute atomic E-state index is 0.000362. The number of para-hydroxylation sites is 1. The van der Waals surface area contributed by atoms with Gasteiger partial charge < -0.3 is 29.6 Å². The molecule has 316 valence electrons. The van der Waals surface area contributed by atoms with E-state index in [2.05, 4.69) is 65.6 Å². The highest BCUT2D eigenvalue weighted by atomic mass is 32.2. The number of nitrogens with one attached hydrogen (secondary N) is 3. The fourth-order valence-electron chi connectivity index (χ4n) is 9.34. The van der Waals surface area contributed by atoms with Crippen LogP contribution in [0.2, 0.25) is 0 Å². The van der Waals surface area contributed by atoms with Gasteiger partial charge in [-0.3, -0.25) is 19.1 Å². The summed E-state index contributed by atoms with van der Waals surface area (Å²) in [5, 5.41) is 7.13. The summed E-state index contributed by atoms with van der Waals surface area (Å²) in [4.78, 5) is 63.2. The van der Waals surface area contributed by atoms with Gasteiger partial charge in [-0.1, -0.05) is 63.1 Å². The maximum Gasteiger partial charge on any atom is 0.407 e. The molecule has 4 fully saturated rings.